The van der Waals surface area contributed by atoms with E-state index in [1.807, 2.05) is 12.1 Å². The molecule has 0 N–H and O–H groups in total. The van der Waals surface area contributed by atoms with Crippen molar-refractivity contribution in [3.63, 3.8) is 0 Å². The average Bonchev–Trinajstić information content (AvgIpc) is 3.00. The van der Waals surface area contributed by atoms with Crippen LogP contribution in [0.15, 0.2) is 65.3 Å². The summed E-state index contributed by atoms with van der Waals surface area (Å²) in [6.07, 6.45) is 3.50. The van der Waals surface area contributed by atoms with Crippen molar-refractivity contribution in [2.24, 2.45) is 0 Å². The van der Waals surface area contributed by atoms with E-state index in [9.17, 15) is 0 Å². The molecule has 2 nitrogen and oxygen atoms in total. The van der Waals surface area contributed by atoms with Crippen LogP contribution in [0.25, 0.3) is 11.3 Å². The van der Waals surface area contributed by atoms with Crippen LogP contribution in [-0.2, 0) is 12.8 Å². The molecule has 0 radical (unpaired) electrons. The molecule has 0 bridgehead atoms. The zero-order valence-corrected chi connectivity index (χ0v) is 11.5. The normalized spacial score (nSPS) is 10.7. The molecule has 0 atom stereocenters. The third-order valence-corrected chi connectivity index (χ3v) is 3.36. The van der Waals surface area contributed by atoms with Crippen molar-refractivity contribution in [2.45, 2.75) is 19.8 Å². The van der Waals surface area contributed by atoms with Crippen LogP contribution in [0.5, 0.6) is 0 Å². The Balaban J connectivity index is 1.77. The second-order valence-electron chi connectivity index (χ2n) is 4.96. The second-order valence-corrected chi connectivity index (χ2v) is 4.96. The average molecular weight is 263 g/mol. The van der Waals surface area contributed by atoms with Gasteiger partial charge in [-0.1, -0.05) is 35.9 Å². The van der Waals surface area contributed by atoms with Crippen molar-refractivity contribution in [3.8, 4) is 11.3 Å². The zero-order valence-electron chi connectivity index (χ0n) is 11.5. The molecular formula is C18H17NO. The van der Waals surface area contributed by atoms with Crippen molar-refractivity contribution >= 4 is 0 Å². The maximum atomic E-state index is 5.36. The molecule has 0 saturated carbocycles. The highest BCUT2D eigenvalue weighted by atomic mass is 16.3. The van der Waals surface area contributed by atoms with Gasteiger partial charge in [0.15, 0.2) is 0 Å². The van der Waals surface area contributed by atoms with Crippen LogP contribution in [0, 0.1) is 6.92 Å². The Morgan fingerprint density at radius 2 is 1.75 bits per heavy atom. The summed E-state index contributed by atoms with van der Waals surface area (Å²) in [5, 5.41) is 0. The molecule has 2 heterocycles. The van der Waals surface area contributed by atoms with Crippen molar-refractivity contribution in [1.82, 2.24) is 4.98 Å². The third kappa shape index (κ3) is 2.97. The number of hydrogen-bond donors (Lipinski definition) is 0. The number of pyridine rings is 1. The predicted octanol–water partition coefficient (Wildman–Crippen LogP) is 4.44. The van der Waals surface area contributed by atoms with E-state index in [-0.39, 0.29) is 0 Å². The fourth-order valence-electron chi connectivity index (χ4n) is 2.21. The van der Waals surface area contributed by atoms with Crippen molar-refractivity contribution in [1.29, 1.82) is 0 Å². The number of benzene rings is 1. The first-order valence-corrected chi connectivity index (χ1v) is 6.86. The lowest BCUT2D eigenvalue weighted by atomic mass is 10.1. The van der Waals surface area contributed by atoms with Gasteiger partial charge in [-0.25, -0.2) is 0 Å². The standard InChI is InChI=1S/C18H17NO/c1-14-7-9-15(10-8-14)18-6-2-4-16(19-18)11-12-17-5-3-13-20-17/h2-10,13H,11-12H2,1H3. The molecule has 0 aliphatic heterocycles. The first kappa shape index (κ1) is 12.7. The summed E-state index contributed by atoms with van der Waals surface area (Å²) < 4.78 is 5.36. The highest BCUT2D eigenvalue weighted by molar-refractivity contribution is 5.59. The lowest BCUT2D eigenvalue weighted by Crippen LogP contribution is -1.95. The Labute approximate surface area is 119 Å². The highest BCUT2D eigenvalue weighted by Gasteiger charge is 2.03. The van der Waals surface area contributed by atoms with Gasteiger partial charge in [-0.2, -0.15) is 0 Å². The van der Waals surface area contributed by atoms with E-state index in [0.29, 0.717) is 0 Å². The summed E-state index contributed by atoms with van der Waals surface area (Å²) in [4.78, 5) is 4.73. The number of furan rings is 1. The molecule has 0 spiro atoms. The van der Waals surface area contributed by atoms with Gasteiger partial charge >= 0.3 is 0 Å². The van der Waals surface area contributed by atoms with E-state index in [1.54, 1.807) is 6.26 Å². The van der Waals surface area contributed by atoms with E-state index < -0.39 is 0 Å². The molecule has 20 heavy (non-hydrogen) atoms. The molecule has 3 aromatic rings. The van der Waals surface area contributed by atoms with E-state index in [0.717, 1.165) is 35.6 Å². The molecule has 0 aliphatic rings. The molecule has 0 aliphatic carbocycles. The topological polar surface area (TPSA) is 26.0 Å². The minimum Gasteiger partial charge on any atom is -0.469 e. The van der Waals surface area contributed by atoms with E-state index in [1.165, 1.54) is 5.56 Å². The Morgan fingerprint density at radius 1 is 0.900 bits per heavy atom. The molecule has 100 valence electrons. The third-order valence-electron chi connectivity index (χ3n) is 3.36. The molecule has 2 aromatic heterocycles. The minimum absolute atomic E-state index is 0.886. The number of hydrogen-bond acceptors (Lipinski definition) is 2. The summed E-state index contributed by atoms with van der Waals surface area (Å²) in [6.45, 7) is 2.09. The van der Waals surface area contributed by atoms with Crippen molar-refractivity contribution in [2.75, 3.05) is 0 Å². The molecule has 0 unspecified atom stereocenters. The second kappa shape index (κ2) is 5.74. The van der Waals surface area contributed by atoms with Crippen LogP contribution in [-0.4, -0.2) is 4.98 Å². The number of nitrogens with zero attached hydrogens (tertiary/aromatic N) is 1. The number of rotatable bonds is 4. The van der Waals surface area contributed by atoms with Gasteiger partial charge in [0.05, 0.1) is 12.0 Å². The summed E-state index contributed by atoms with van der Waals surface area (Å²) in [6, 6.07) is 18.6. The van der Waals surface area contributed by atoms with Crippen LogP contribution < -0.4 is 0 Å². The smallest absolute Gasteiger partial charge is 0.104 e. The predicted molar refractivity (Wildman–Crippen MR) is 80.5 cm³/mol. The summed E-state index contributed by atoms with van der Waals surface area (Å²) in [5.41, 5.74) is 4.56. The Bertz CT molecular complexity index is 669. The summed E-state index contributed by atoms with van der Waals surface area (Å²) in [5.74, 6) is 1.01. The van der Waals surface area contributed by atoms with Crippen LogP contribution in [0.1, 0.15) is 17.0 Å². The molecule has 0 fully saturated rings. The first-order chi connectivity index (χ1) is 9.81. The van der Waals surface area contributed by atoms with Crippen LogP contribution in [0.4, 0.5) is 0 Å². The first-order valence-electron chi connectivity index (χ1n) is 6.86. The van der Waals surface area contributed by atoms with E-state index in [2.05, 4.69) is 49.4 Å². The Hall–Kier alpha value is -2.35. The Kier molecular flexibility index (Phi) is 3.64. The monoisotopic (exact) mass is 263 g/mol. The fraction of sp³-hybridized carbons (Fsp3) is 0.167. The van der Waals surface area contributed by atoms with Crippen LogP contribution in [0.2, 0.25) is 0 Å². The van der Waals surface area contributed by atoms with Gasteiger partial charge in [-0.15, -0.1) is 0 Å². The quantitative estimate of drug-likeness (QED) is 0.695. The lowest BCUT2D eigenvalue weighted by Gasteiger charge is -2.05. The molecule has 0 amide bonds. The minimum atomic E-state index is 0.886. The molecule has 1 aromatic carbocycles. The summed E-state index contributed by atoms with van der Waals surface area (Å²) in [7, 11) is 0. The van der Waals surface area contributed by atoms with Gasteiger partial charge in [0.25, 0.3) is 0 Å². The number of aryl methyl sites for hydroxylation is 3. The SMILES string of the molecule is Cc1ccc(-c2cccc(CCc3ccco3)n2)cc1. The molecule has 3 rings (SSSR count). The van der Waals surface area contributed by atoms with Gasteiger partial charge in [-0.3, -0.25) is 4.98 Å². The van der Waals surface area contributed by atoms with Crippen LogP contribution >= 0.6 is 0 Å². The fourth-order valence-corrected chi connectivity index (χ4v) is 2.21. The molecule has 0 saturated heterocycles. The van der Waals surface area contributed by atoms with E-state index in [4.69, 9.17) is 9.40 Å². The lowest BCUT2D eigenvalue weighted by molar-refractivity contribution is 0.507. The van der Waals surface area contributed by atoms with E-state index >= 15 is 0 Å². The molecular weight excluding hydrogens is 246 g/mol. The maximum absolute atomic E-state index is 5.36. The number of aromatic nitrogens is 1. The zero-order chi connectivity index (χ0) is 13.8. The van der Waals surface area contributed by atoms with Gasteiger partial charge in [0.2, 0.25) is 0 Å². The largest absolute Gasteiger partial charge is 0.469 e. The summed E-state index contributed by atoms with van der Waals surface area (Å²) >= 11 is 0. The molecule has 2 heteroatoms. The van der Waals surface area contributed by atoms with Gasteiger partial charge < -0.3 is 4.42 Å². The van der Waals surface area contributed by atoms with Crippen LogP contribution in [0.3, 0.4) is 0 Å². The Morgan fingerprint density at radius 3 is 2.50 bits per heavy atom. The van der Waals surface area contributed by atoms with Gasteiger partial charge in [0.1, 0.15) is 5.76 Å². The highest BCUT2D eigenvalue weighted by Crippen LogP contribution is 2.18. The van der Waals surface area contributed by atoms with Crippen molar-refractivity contribution in [3.05, 3.63) is 77.9 Å². The van der Waals surface area contributed by atoms with Crippen molar-refractivity contribution < 1.29 is 4.42 Å². The van der Waals surface area contributed by atoms with Gasteiger partial charge in [0, 0.05) is 17.7 Å². The van der Waals surface area contributed by atoms with Gasteiger partial charge in [-0.05, 0) is 37.6 Å². The maximum Gasteiger partial charge on any atom is 0.104 e.